The Labute approximate surface area is 151 Å². The maximum absolute atomic E-state index is 11.1. The molecule has 1 aliphatic heterocycles. The van der Waals surface area contributed by atoms with Crippen LogP contribution in [0.4, 0.5) is 0 Å². The number of guanidine groups is 1. The van der Waals surface area contributed by atoms with Crippen molar-refractivity contribution in [3.8, 4) is 0 Å². The third kappa shape index (κ3) is 7.27. The van der Waals surface area contributed by atoms with Crippen LogP contribution in [0.2, 0.25) is 0 Å². The number of hydrogen-bond donors (Lipinski definition) is 2. The summed E-state index contributed by atoms with van der Waals surface area (Å²) in [6.07, 6.45) is 5.46. The lowest BCUT2D eigenvalue weighted by atomic mass is 10.0. The molecule has 1 heterocycles. The second kappa shape index (κ2) is 9.58. The monoisotopic (exact) mass is 364 g/mol. The van der Waals surface area contributed by atoms with Crippen LogP contribution in [0.5, 0.6) is 0 Å². The summed E-state index contributed by atoms with van der Waals surface area (Å²) in [6, 6.07) is 10.4. The van der Waals surface area contributed by atoms with E-state index in [0.29, 0.717) is 13.1 Å². The van der Waals surface area contributed by atoms with Crippen molar-refractivity contribution in [2.45, 2.75) is 19.8 Å². The molecule has 7 heteroatoms. The number of aliphatic imine (C=N–C) groups is 1. The molecule has 1 aromatic rings. The molecule has 6 nitrogen and oxygen atoms in total. The number of sulfonamides is 1. The molecule has 25 heavy (non-hydrogen) atoms. The zero-order valence-electron chi connectivity index (χ0n) is 15.0. The van der Waals surface area contributed by atoms with Crippen LogP contribution in [0, 0.1) is 0 Å². The molecule has 2 N–H and O–H groups in total. The van der Waals surface area contributed by atoms with Gasteiger partial charge >= 0.3 is 0 Å². The summed E-state index contributed by atoms with van der Waals surface area (Å²) in [5, 5.41) is 3.29. The molecule has 0 amide bonds. The third-order valence-corrected chi connectivity index (χ3v) is 4.68. The summed E-state index contributed by atoms with van der Waals surface area (Å²) in [6.45, 7) is 5.42. The average molecular weight is 365 g/mol. The molecule has 0 saturated carbocycles. The summed E-state index contributed by atoms with van der Waals surface area (Å²) in [5.74, 6) is 0.858. The van der Waals surface area contributed by atoms with E-state index < -0.39 is 10.0 Å². The molecule has 1 aliphatic rings. The SMILES string of the molecule is CCNC(=NCCNS(C)(=O)=O)N1CCC(=Cc2ccccc2)CC1. The first kappa shape index (κ1) is 19.5. The van der Waals surface area contributed by atoms with Gasteiger partial charge in [0, 0.05) is 26.2 Å². The normalized spacial score (nSPS) is 16.0. The Balaban J connectivity index is 1.90. The minimum absolute atomic E-state index is 0.320. The predicted molar refractivity (Wildman–Crippen MR) is 104 cm³/mol. The third-order valence-electron chi connectivity index (χ3n) is 3.95. The summed E-state index contributed by atoms with van der Waals surface area (Å²) in [5.41, 5.74) is 2.70. The second-order valence-electron chi connectivity index (χ2n) is 6.10. The van der Waals surface area contributed by atoms with Crippen LogP contribution in [-0.2, 0) is 10.0 Å². The van der Waals surface area contributed by atoms with E-state index in [4.69, 9.17) is 0 Å². The van der Waals surface area contributed by atoms with Crippen LogP contribution >= 0.6 is 0 Å². The molecule has 0 aromatic heterocycles. The fraction of sp³-hybridized carbons (Fsp3) is 0.500. The van der Waals surface area contributed by atoms with E-state index in [1.165, 1.54) is 11.1 Å². The molecule has 0 bridgehead atoms. The second-order valence-corrected chi connectivity index (χ2v) is 7.94. The van der Waals surface area contributed by atoms with Crippen molar-refractivity contribution in [3.05, 3.63) is 41.5 Å². The Morgan fingerprint density at radius 1 is 1.24 bits per heavy atom. The van der Waals surface area contributed by atoms with Crippen LogP contribution in [0.3, 0.4) is 0 Å². The van der Waals surface area contributed by atoms with Crippen LogP contribution < -0.4 is 10.0 Å². The topological polar surface area (TPSA) is 73.8 Å². The molecule has 0 radical (unpaired) electrons. The highest BCUT2D eigenvalue weighted by Crippen LogP contribution is 2.19. The van der Waals surface area contributed by atoms with E-state index in [9.17, 15) is 8.42 Å². The fourth-order valence-corrected chi connectivity index (χ4v) is 3.22. The first-order valence-corrected chi connectivity index (χ1v) is 10.6. The Morgan fingerprint density at radius 2 is 1.92 bits per heavy atom. The lowest BCUT2D eigenvalue weighted by molar-refractivity contribution is 0.375. The first-order valence-electron chi connectivity index (χ1n) is 8.70. The van der Waals surface area contributed by atoms with Gasteiger partial charge in [-0.3, -0.25) is 4.99 Å². The van der Waals surface area contributed by atoms with E-state index in [1.807, 2.05) is 13.0 Å². The molecule has 0 aliphatic carbocycles. The van der Waals surface area contributed by atoms with Crippen molar-refractivity contribution < 1.29 is 8.42 Å². The molecule has 0 unspecified atom stereocenters. The minimum atomic E-state index is -3.16. The van der Waals surface area contributed by atoms with Gasteiger partial charge in [-0.15, -0.1) is 0 Å². The van der Waals surface area contributed by atoms with Gasteiger partial charge in [0.05, 0.1) is 12.8 Å². The van der Waals surface area contributed by atoms with Gasteiger partial charge in [-0.2, -0.15) is 0 Å². The minimum Gasteiger partial charge on any atom is -0.357 e. The lowest BCUT2D eigenvalue weighted by Crippen LogP contribution is -2.44. The quantitative estimate of drug-likeness (QED) is 0.458. The molecule has 2 rings (SSSR count). The van der Waals surface area contributed by atoms with Crippen molar-refractivity contribution in [3.63, 3.8) is 0 Å². The summed E-state index contributed by atoms with van der Waals surface area (Å²) in [7, 11) is -3.16. The number of likely N-dealkylation sites (tertiary alicyclic amines) is 1. The van der Waals surface area contributed by atoms with E-state index >= 15 is 0 Å². The van der Waals surface area contributed by atoms with Gasteiger partial charge in [-0.05, 0) is 25.3 Å². The van der Waals surface area contributed by atoms with Crippen LogP contribution in [0.1, 0.15) is 25.3 Å². The molecular weight excluding hydrogens is 336 g/mol. The van der Waals surface area contributed by atoms with Gasteiger partial charge in [0.1, 0.15) is 0 Å². The molecule has 0 spiro atoms. The largest absolute Gasteiger partial charge is 0.357 e. The van der Waals surface area contributed by atoms with Crippen LogP contribution in [0.25, 0.3) is 6.08 Å². The van der Waals surface area contributed by atoms with Gasteiger partial charge in [0.2, 0.25) is 10.0 Å². The summed E-state index contributed by atoms with van der Waals surface area (Å²) >= 11 is 0. The lowest BCUT2D eigenvalue weighted by Gasteiger charge is -2.31. The Kier molecular flexibility index (Phi) is 7.46. The number of rotatable bonds is 6. The maximum atomic E-state index is 11.1. The first-order chi connectivity index (χ1) is 12.0. The summed E-state index contributed by atoms with van der Waals surface area (Å²) < 4.78 is 24.7. The predicted octanol–water partition coefficient (Wildman–Crippen LogP) is 1.68. The van der Waals surface area contributed by atoms with Crippen LogP contribution in [0.15, 0.2) is 40.9 Å². The van der Waals surface area contributed by atoms with Gasteiger partial charge in [0.15, 0.2) is 5.96 Å². The van der Waals surface area contributed by atoms with Gasteiger partial charge in [-0.1, -0.05) is 42.0 Å². The van der Waals surface area contributed by atoms with Crippen molar-refractivity contribution in [1.82, 2.24) is 14.9 Å². The Hall–Kier alpha value is -1.86. The Morgan fingerprint density at radius 3 is 2.52 bits per heavy atom. The standard InChI is InChI=1S/C18H28N4O2S/c1-3-19-18(20-11-12-21-25(2,23)24)22-13-9-17(10-14-22)15-16-7-5-4-6-8-16/h4-8,15,21H,3,9-14H2,1-2H3,(H,19,20). The highest BCUT2D eigenvalue weighted by Gasteiger charge is 2.17. The van der Waals surface area contributed by atoms with Gasteiger partial charge in [0.25, 0.3) is 0 Å². The zero-order valence-corrected chi connectivity index (χ0v) is 15.8. The van der Waals surface area contributed by atoms with E-state index in [2.05, 4.69) is 50.3 Å². The molecular formula is C18H28N4O2S. The number of hydrogen-bond acceptors (Lipinski definition) is 3. The zero-order chi connectivity index (χ0) is 18.1. The number of piperidine rings is 1. The maximum Gasteiger partial charge on any atom is 0.208 e. The molecule has 0 atom stereocenters. The number of nitrogens with one attached hydrogen (secondary N) is 2. The summed E-state index contributed by atoms with van der Waals surface area (Å²) in [4.78, 5) is 6.78. The molecule has 1 aromatic carbocycles. The highest BCUT2D eigenvalue weighted by molar-refractivity contribution is 7.88. The van der Waals surface area contributed by atoms with E-state index in [1.54, 1.807) is 0 Å². The average Bonchev–Trinajstić information content (AvgIpc) is 2.58. The van der Waals surface area contributed by atoms with Gasteiger partial charge in [-0.25, -0.2) is 13.1 Å². The van der Waals surface area contributed by atoms with Crippen molar-refractivity contribution in [2.24, 2.45) is 4.99 Å². The molecule has 138 valence electrons. The smallest absolute Gasteiger partial charge is 0.208 e. The fourth-order valence-electron chi connectivity index (χ4n) is 2.75. The number of nitrogens with zero attached hydrogens (tertiary/aromatic N) is 2. The molecule has 1 fully saturated rings. The van der Waals surface area contributed by atoms with Crippen molar-refractivity contribution in [2.75, 3.05) is 39.0 Å². The van der Waals surface area contributed by atoms with Crippen molar-refractivity contribution >= 4 is 22.1 Å². The van der Waals surface area contributed by atoms with E-state index in [0.717, 1.165) is 44.7 Å². The Bertz CT molecular complexity index is 689. The van der Waals surface area contributed by atoms with Crippen molar-refractivity contribution in [1.29, 1.82) is 0 Å². The van der Waals surface area contributed by atoms with Crippen LogP contribution in [-0.4, -0.2) is 58.3 Å². The van der Waals surface area contributed by atoms with Gasteiger partial charge < -0.3 is 10.2 Å². The highest BCUT2D eigenvalue weighted by atomic mass is 32.2. The van der Waals surface area contributed by atoms with E-state index in [-0.39, 0.29) is 0 Å². The number of benzene rings is 1. The molecule has 1 saturated heterocycles.